The monoisotopic (exact) mass is 319 g/mol. The van der Waals surface area contributed by atoms with E-state index in [1.165, 1.54) is 12.4 Å². The van der Waals surface area contributed by atoms with Crippen molar-refractivity contribution in [3.63, 3.8) is 0 Å². The van der Waals surface area contributed by atoms with Gasteiger partial charge in [-0.25, -0.2) is 9.97 Å². The summed E-state index contributed by atoms with van der Waals surface area (Å²) in [6.07, 6.45) is 1.80. The zero-order valence-corrected chi connectivity index (χ0v) is 12.9. The van der Waals surface area contributed by atoms with Gasteiger partial charge in [-0.1, -0.05) is 0 Å². The highest BCUT2D eigenvalue weighted by molar-refractivity contribution is 5.87. The number of aromatic nitrogens is 2. The molecule has 0 aliphatic carbocycles. The van der Waals surface area contributed by atoms with E-state index in [9.17, 15) is 10.1 Å². The molecule has 0 saturated carbocycles. The molecule has 122 valence electrons. The van der Waals surface area contributed by atoms with Crippen LogP contribution in [0.4, 0.5) is 5.69 Å². The lowest BCUT2D eigenvalue weighted by Crippen LogP contribution is -2.16. The highest BCUT2D eigenvalue weighted by Crippen LogP contribution is 2.35. The minimum absolute atomic E-state index is 0.0984. The van der Waals surface area contributed by atoms with Gasteiger partial charge in [0.1, 0.15) is 12.4 Å². The summed E-state index contributed by atoms with van der Waals surface area (Å²) < 4.78 is 16.6. The Balaban J connectivity index is 2.06. The predicted molar refractivity (Wildman–Crippen MR) is 81.8 cm³/mol. The van der Waals surface area contributed by atoms with Gasteiger partial charge in [0.25, 0.3) is 0 Å². The highest BCUT2D eigenvalue weighted by Gasteiger charge is 2.24. The fourth-order valence-electron chi connectivity index (χ4n) is 2.39. The Bertz CT molecular complexity index is 728. The second-order valence-electron chi connectivity index (χ2n) is 5.54. The maximum absolute atomic E-state index is 11.4. The molecule has 0 N–H and O–H groups in total. The highest BCUT2D eigenvalue weighted by atomic mass is 16.6. The van der Waals surface area contributed by atoms with Gasteiger partial charge < -0.3 is 14.2 Å². The molecule has 8 nitrogen and oxygen atoms in total. The first kappa shape index (κ1) is 15.4. The van der Waals surface area contributed by atoms with Gasteiger partial charge in [0.15, 0.2) is 5.75 Å². The van der Waals surface area contributed by atoms with Crippen LogP contribution in [0, 0.1) is 10.1 Å². The molecule has 1 aromatic carbocycles. The molecule has 1 aliphatic heterocycles. The summed E-state index contributed by atoms with van der Waals surface area (Å²) in [6, 6.07) is 2.96. The molecule has 1 aromatic heterocycles. The van der Waals surface area contributed by atoms with Crippen molar-refractivity contribution in [2.45, 2.75) is 32.5 Å². The van der Waals surface area contributed by atoms with Crippen LogP contribution in [-0.2, 0) is 4.74 Å². The summed E-state index contributed by atoms with van der Waals surface area (Å²) in [5.41, 5.74) is 0.406. The van der Waals surface area contributed by atoms with Crippen molar-refractivity contribution in [1.82, 2.24) is 9.97 Å². The number of nitro benzene ring substituents is 1. The van der Waals surface area contributed by atoms with Gasteiger partial charge >= 0.3 is 5.69 Å². The zero-order chi connectivity index (χ0) is 16.4. The first-order chi connectivity index (χ1) is 11.0. The molecule has 8 heteroatoms. The van der Waals surface area contributed by atoms with Crippen LogP contribution in [0.3, 0.4) is 0 Å². The number of hydrogen-bond acceptors (Lipinski definition) is 7. The third kappa shape index (κ3) is 3.31. The lowest BCUT2D eigenvalue weighted by atomic mass is 10.2. The largest absolute Gasteiger partial charge is 0.481 e. The van der Waals surface area contributed by atoms with Crippen LogP contribution < -0.4 is 9.47 Å². The molecule has 23 heavy (non-hydrogen) atoms. The summed E-state index contributed by atoms with van der Waals surface area (Å²) in [6.45, 7) is 4.75. The van der Waals surface area contributed by atoms with E-state index < -0.39 is 4.92 Å². The minimum Gasteiger partial charge on any atom is -0.481 e. The van der Waals surface area contributed by atoms with E-state index in [4.69, 9.17) is 14.2 Å². The maximum Gasteiger partial charge on any atom is 0.311 e. The Morgan fingerprint density at radius 1 is 1.39 bits per heavy atom. The van der Waals surface area contributed by atoms with Crippen molar-refractivity contribution in [3.05, 3.63) is 28.6 Å². The second kappa shape index (κ2) is 6.33. The van der Waals surface area contributed by atoms with E-state index in [0.717, 1.165) is 0 Å². The van der Waals surface area contributed by atoms with Crippen molar-refractivity contribution in [2.75, 3.05) is 13.2 Å². The van der Waals surface area contributed by atoms with Crippen LogP contribution >= 0.6 is 0 Å². The fourth-order valence-corrected chi connectivity index (χ4v) is 2.39. The fraction of sp³-hybridized carbons (Fsp3) is 0.467. The Morgan fingerprint density at radius 3 is 2.87 bits per heavy atom. The molecule has 1 fully saturated rings. The topological polar surface area (TPSA) is 96.6 Å². The van der Waals surface area contributed by atoms with Crippen molar-refractivity contribution < 1.29 is 19.1 Å². The summed E-state index contributed by atoms with van der Waals surface area (Å²) >= 11 is 0. The van der Waals surface area contributed by atoms with Gasteiger partial charge in [0, 0.05) is 18.6 Å². The Kier molecular flexibility index (Phi) is 4.24. The van der Waals surface area contributed by atoms with Gasteiger partial charge in [-0.3, -0.25) is 10.1 Å². The van der Waals surface area contributed by atoms with E-state index in [-0.39, 0.29) is 23.6 Å². The molecular formula is C15H17N3O5. The molecule has 0 spiro atoms. The van der Waals surface area contributed by atoms with E-state index in [1.807, 2.05) is 13.8 Å². The maximum atomic E-state index is 11.4. The zero-order valence-electron chi connectivity index (χ0n) is 12.9. The lowest BCUT2D eigenvalue weighted by molar-refractivity contribution is -0.385. The molecule has 1 aliphatic rings. The van der Waals surface area contributed by atoms with Gasteiger partial charge in [-0.2, -0.15) is 0 Å². The van der Waals surface area contributed by atoms with Crippen molar-refractivity contribution in [3.8, 4) is 11.6 Å². The van der Waals surface area contributed by atoms with Crippen LogP contribution in [0.25, 0.3) is 10.9 Å². The SMILES string of the molecule is CC(C)Oc1ncnc2cc(OC3CCOC3)c([N+](=O)[O-])cc12. The van der Waals surface area contributed by atoms with Gasteiger partial charge in [0.2, 0.25) is 5.88 Å². The van der Waals surface area contributed by atoms with Crippen LogP contribution in [-0.4, -0.2) is 40.3 Å². The average Bonchev–Trinajstić information content (AvgIpc) is 2.99. The Labute approximate surface area is 132 Å². The smallest absolute Gasteiger partial charge is 0.311 e. The van der Waals surface area contributed by atoms with Crippen LogP contribution in [0.1, 0.15) is 20.3 Å². The molecule has 1 atom stereocenters. The van der Waals surface area contributed by atoms with E-state index in [2.05, 4.69) is 9.97 Å². The molecular weight excluding hydrogens is 302 g/mol. The summed E-state index contributed by atoms with van der Waals surface area (Å²) in [5.74, 6) is 0.510. The first-order valence-electron chi connectivity index (χ1n) is 7.39. The molecule has 2 aromatic rings. The van der Waals surface area contributed by atoms with E-state index in [0.29, 0.717) is 36.4 Å². The number of benzene rings is 1. The van der Waals surface area contributed by atoms with Crippen molar-refractivity contribution in [2.24, 2.45) is 0 Å². The third-order valence-corrected chi connectivity index (χ3v) is 3.41. The Hall–Kier alpha value is -2.48. The van der Waals surface area contributed by atoms with Crippen LogP contribution in [0.5, 0.6) is 11.6 Å². The number of nitrogens with zero attached hydrogens (tertiary/aromatic N) is 3. The molecule has 1 saturated heterocycles. The average molecular weight is 319 g/mol. The number of ether oxygens (including phenoxy) is 3. The summed E-state index contributed by atoms with van der Waals surface area (Å²) in [4.78, 5) is 19.1. The van der Waals surface area contributed by atoms with E-state index in [1.54, 1.807) is 6.07 Å². The second-order valence-corrected chi connectivity index (χ2v) is 5.54. The molecule has 3 rings (SSSR count). The molecule has 1 unspecified atom stereocenters. The van der Waals surface area contributed by atoms with Gasteiger partial charge in [-0.05, 0) is 13.8 Å². The quantitative estimate of drug-likeness (QED) is 0.617. The van der Waals surface area contributed by atoms with Gasteiger partial charge in [0.05, 0.1) is 35.1 Å². The number of hydrogen-bond donors (Lipinski definition) is 0. The van der Waals surface area contributed by atoms with Crippen LogP contribution in [0.2, 0.25) is 0 Å². The standard InChI is InChI=1S/C15H17N3O5/c1-9(2)22-15-11-5-13(18(19)20)14(6-12(11)16-8-17-15)23-10-3-4-21-7-10/h5-6,8-10H,3-4,7H2,1-2H3. The molecule has 0 amide bonds. The van der Waals surface area contributed by atoms with E-state index >= 15 is 0 Å². The predicted octanol–water partition coefficient (Wildman–Crippen LogP) is 2.49. The van der Waals surface area contributed by atoms with Crippen molar-refractivity contribution in [1.29, 1.82) is 0 Å². The number of nitro groups is 1. The number of rotatable bonds is 5. The third-order valence-electron chi connectivity index (χ3n) is 3.41. The normalized spacial score (nSPS) is 17.6. The van der Waals surface area contributed by atoms with Crippen LogP contribution in [0.15, 0.2) is 18.5 Å². The number of fused-ring (bicyclic) bond motifs is 1. The lowest BCUT2D eigenvalue weighted by Gasteiger charge is -2.14. The molecule has 0 bridgehead atoms. The molecule has 2 heterocycles. The summed E-state index contributed by atoms with van der Waals surface area (Å²) in [7, 11) is 0. The van der Waals surface area contributed by atoms with Crippen molar-refractivity contribution >= 4 is 16.6 Å². The first-order valence-corrected chi connectivity index (χ1v) is 7.39. The minimum atomic E-state index is -0.475. The molecule has 0 radical (unpaired) electrons. The Morgan fingerprint density at radius 2 is 2.22 bits per heavy atom. The summed E-state index contributed by atoms with van der Waals surface area (Å²) in [5, 5.41) is 11.9. The van der Waals surface area contributed by atoms with Gasteiger partial charge in [-0.15, -0.1) is 0 Å².